The van der Waals surface area contributed by atoms with Gasteiger partial charge >= 0.3 is 5.97 Å². The van der Waals surface area contributed by atoms with Crippen molar-refractivity contribution >= 4 is 34.5 Å². The van der Waals surface area contributed by atoms with Crippen LogP contribution in [0.25, 0.3) is 22.0 Å². The van der Waals surface area contributed by atoms with Crippen molar-refractivity contribution in [3.05, 3.63) is 78.5 Å². The minimum absolute atomic E-state index is 0.238. The van der Waals surface area contributed by atoms with E-state index < -0.39 is 5.97 Å². The van der Waals surface area contributed by atoms with E-state index in [1.807, 2.05) is 60.7 Å². The van der Waals surface area contributed by atoms with Crippen LogP contribution in [0, 0.1) is 0 Å². The van der Waals surface area contributed by atoms with E-state index in [0.29, 0.717) is 5.69 Å². The molecular formula is C20H15N3O2S. The predicted octanol–water partition coefficient (Wildman–Crippen LogP) is 5.05. The van der Waals surface area contributed by atoms with Crippen molar-refractivity contribution in [2.75, 3.05) is 4.72 Å². The highest BCUT2D eigenvalue weighted by molar-refractivity contribution is 8.00. The van der Waals surface area contributed by atoms with E-state index in [0.717, 1.165) is 26.9 Å². The molecule has 1 heterocycles. The third-order valence-corrected chi connectivity index (χ3v) is 4.86. The molecule has 0 radical (unpaired) electrons. The molecule has 3 N–H and O–H groups in total. The van der Waals surface area contributed by atoms with Gasteiger partial charge in [0.1, 0.15) is 0 Å². The number of benzene rings is 3. The number of carboxylic acid groups (broad SMARTS) is 1. The Kier molecular flexibility index (Phi) is 4.33. The van der Waals surface area contributed by atoms with Crippen LogP contribution in [-0.4, -0.2) is 21.3 Å². The van der Waals surface area contributed by atoms with Crippen LogP contribution < -0.4 is 4.72 Å². The second-order valence-corrected chi connectivity index (χ2v) is 6.63. The molecule has 0 unspecified atom stereocenters. The normalized spacial score (nSPS) is 10.8. The van der Waals surface area contributed by atoms with Gasteiger partial charge in [-0.1, -0.05) is 36.4 Å². The van der Waals surface area contributed by atoms with Gasteiger partial charge < -0.3 is 9.83 Å². The maximum Gasteiger partial charge on any atom is 0.337 e. The summed E-state index contributed by atoms with van der Waals surface area (Å²) in [7, 11) is 0. The molecule has 5 nitrogen and oxygen atoms in total. The van der Waals surface area contributed by atoms with E-state index in [1.54, 1.807) is 12.3 Å². The first kappa shape index (κ1) is 16.2. The smallest absolute Gasteiger partial charge is 0.337 e. The summed E-state index contributed by atoms with van der Waals surface area (Å²) in [4.78, 5) is 12.5. The van der Waals surface area contributed by atoms with Crippen LogP contribution in [0.1, 0.15) is 10.4 Å². The Morgan fingerprint density at radius 3 is 2.65 bits per heavy atom. The highest BCUT2D eigenvalue weighted by Gasteiger charge is 2.12. The van der Waals surface area contributed by atoms with E-state index in [1.165, 1.54) is 11.9 Å². The zero-order chi connectivity index (χ0) is 17.9. The number of H-pyrrole nitrogens is 1. The lowest BCUT2D eigenvalue weighted by Gasteiger charge is -2.11. The molecule has 3 aromatic carbocycles. The summed E-state index contributed by atoms with van der Waals surface area (Å²) in [5.41, 5.74) is 3.77. The maximum atomic E-state index is 11.6. The Hall–Kier alpha value is -3.25. The van der Waals surface area contributed by atoms with E-state index in [4.69, 9.17) is 0 Å². The third kappa shape index (κ3) is 3.27. The molecule has 1 aromatic heterocycles. The van der Waals surface area contributed by atoms with Gasteiger partial charge in [0.15, 0.2) is 0 Å². The number of fused-ring (bicyclic) bond motifs is 1. The standard InChI is InChI=1S/C20H15N3O2S/c24-20(25)17-8-6-14(13-4-2-1-3-5-13)11-19(17)23-26-16-7-9-18-15(10-16)12-21-22-18/h1-12,23H,(H,21,22)(H,24,25). The van der Waals surface area contributed by atoms with Crippen LogP contribution in [0.2, 0.25) is 0 Å². The highest BCUT2D eigenvalue weighted by atomic mass is 32.2. The zero-order valence-corrected chi connectivity index (χ0v) is 14.5. The summed E-state index contributed by atoms with van der Waals surface area (Å²) >= 11 is 1.37. The number of nitrogens with zero attached hydrogens (tertiary/aromatic N) is 1. The minimum atomic E-state index is -0.960. The second kappa shape index (κ2) is 6.93. The molecule has 0 spiro atoms. The number of hydrogen-bond acceptors (Lipinski definition) is 4. The van der Waals surface area contributed by atoms with Crippen LogP contribution in [0.3, 0.4) is 0 Å². The minimum Gasteiger partial charge on any atom is -0.478 e. The van der Waals surface area contributed by atoms with Gasteiger partial charge in [-0.2, -0.15) is 5.10 Å². The van der Waals surface area contributed by atoms with Gasteiger partial charge in [0, 0.05) is 10.3 Å². The highest BCUT2D eigenvalue weighted by Crippen LogP contribution is 2.30. The number of aromatic carboxylic acids is 1. The number of aromatic nitrogens is 2. The van der Waals surface area contributed by atoms with Crippen molar-refractivity contribution < 1.29 is 9.90 Å². The van der Waals surface area contributed by atoms with Gasteiger partial charge in [-0.05, 0) is 53.4 Å². The Balaban J connectivity index is 1.63. The van der Waals surface area contributed by atoms with E-state index in [9.17, 15) is 9.90 Å². The summed E-state index contributed by atoms with van der Waals surface area (Å²) in [5, 5.41) is 17.4. The first-order valence-electron chi connectivity index (χ1n) is 7.99. The molecule has 0 bridgehead atoms. The molecule has 0 amide bonds. The van der Waals surface area contributed by atoms with Crippen molar-refractivity contribution in [2.45, 2.75) is 4.90 Å². The second-order valence-electron chi connectivity index (χ2n) is 5.75. The molecule has 0 saturated carbocycles. The van der Waals surface area contributed by atoms with Gasteiger partial charge in [0.25, 0.3) is 0 Å². The molecule has 0 saturated heterocycles. The number of anilines is 1. The van der Waals surface area contributed by atoms with Crippen molar-refractivity contribution in [2.24, 2.45) is 0 Å². The first-order valence-corrected chi connectivity index (χ1v) is 8.81. The van der Waals surface area contributed by atoms with Gasteiger partial charge in [-0.25, -0.2) is 4.79 Å². The largest absolute Gasteiger partial charge is 0.478 e. The van der Waals surface area contributed by atoms with Crippen LogP contribution in [-0.2, 0) is 0 Å². The lowest BCUT2D eigenvalue weighted by atomic mass is 10.0. The average Bonchev–Trinajstić information content (AvgIpc) is 3.14. The summed E-state index contributed by atoms with van der Waals surface area (Å²) in [6.07, 6.45) is 1.76. The van der Waals surface area contributed by atoms with Crippen molar-refractivity contribution in [1.29, 1.82) is 0 Å². The lowest BCUT2D eigenvalue weighted by molar-refractivity contribution is 0.0698. The van der Waals surface area contributed by atoms with Crippen LogP contribution >= 0.6 is 11.9 Å². The summed E-state index contributed by atoms with van der Waals surface area (Å²) < 4.78 is 3.18. The monoisotopic (exact) mass is 361 g/mol. The fourth-order valence-electron chi connectivity index (χ4n) is 2.72. The molecule has 0 aliphatic heterocycles. The number of carbonyl (C=O) groups is 1. The number of rotatable bonds is 5. The third-order valence-electron chi connectivity index (χ3n) is 4.05. The maximum absolute atomic E-state index is 11.6. The quantitative estimate of drug-likeness (QED) is 0.434. The number of aromatic amines is 1. The molecule has 26 heavy (non-hydrogen) atoms. The van der Waals surface area contributed by atoms with Crippen molar-refractivity contribution in [3.63, 3.8) is 0 Å². The molecule has 128 valence electrons. The Morgan fingerprint density at radius 1 is 1.00 bits per heavy atom. The average molecular weight is 361 g/mol. The lowest BCUT2D eigenvalue weighted by Crippen LogP contribution is -2.02. The summed E-state index contributed by atoms with van der Waals surface area (Å²) in [6.45, 7) is 0. The van der Waals surface area contributed by atoms with Crippen molar-refractivity contribution in [1.82, 2.24) is 10.2 Å². The topological polar surface area (TPSA) is 78.0 Å². The molecule has 0 aliphatic rings. The van der Waals surface area contributed by atoms with Crippen LogP contribution in [0.15, 0.2) is 77.8 Å². The van der Waals surface area contributed by atoms with Gasteiger partial charge in [-0.3, -0.25) is 5.10 Å². The predicted molar refractivity (Wildman–Crippen MR) is 104 cm³/mol. The molecule has 0 atom stereocenters. The van der Waals surface area contributed by atoms with Crippen LogP contribution in [0.4, 0.5) is 5.69 Å². The number of hydrogen-bond donors (Lipinski definition) is 3. The molecular weight excluding hydrogens is 346 g/mol. The summed E-state index contributed by atoms with van der Waals surface area (Å²) in [5.74, 6) is -0.960. The van der Waals surface area contributed by atoms with Crippen LogP contribution in [0.5, 0.6) is 0 Å². The Morgan fingerprint density at radius 2 is 1.85 bits per heavy atom. The fraction of sp³-hybridized carbons (Fsp3) is 0. The number of nitrogens with one attached hydrogen (secondary N) is 2. The molecule has 4 rings (SSSR count). The molecule has 0 aliphatic carbocycles. The molecule has 0 fully saturated rings. The summed E-state index contributed by atoms with van der Waals surface area (Å²) in [6, 6.07) is 21.1. The van der Waals surface area contributed by atoms with E-state index in [2.05, 4.69) is 14.9 Å². The zero-order valence-electron chi connectivity index (χ0n) is 13.6. The Labute approximate surface area is 154 Å². The SMILES string of the molecule is O=C(O)c1ccc(-c2ccccc2)cc1NSc1ccc2[nH]ncc2c1. The molecule has 6 heteroatoms. The Bertz CT molecular complexity index is 1080. The first-order chi connectivity index (χ1) is 12.7. The van der Waals surface area contributed by atoms with E-state index in [-0.39, 0.29) is 5.56 Å². The van der Waals surface area contributed by atoms with E-state index >= 15 is 0 Å². The van der Waals surface area contributed by atoms with Gasteiger partial charge in [-0.15, -0.1) is 0 Å². The van der Waals surface area contributed by atoms with Gasteiger partial charge in [0.2, 0.25) is 0 Å². The van der Waals surface area contributed by atoms with Crippen molar-refractivity contribution in [3.8, 4) is 11.1 Å². The van der Waals surface area contributed by atoms with Gasteiger partial charge in [0.05, 0.1) is 23.0 Å². The fourth-order valence-corrected chi connectivity index (χ4v) is 3.44. The molecule has 4 aromatic rings. The number of carboxylic acids is 1.